The average Bonchev–Trinajstić information content (AvgIpc) is 2.89. The van der Waals surface area contributed by atoms with Gasteiger partial charge in [0.25, 0.3) is 17.5 Å². The van der Waals surface area contributed by atoms with Crippen LogP contribution in [0.2, 0.25) is 0 Å². The van der Waals surface area contributed by atoms with Crippen LogP contribution in [-0.2, 0) is 4.79 Å². The van der Waals surface area contributed by atoms with E-state index in [1.54, 1.807) is 30.3 Å². The Bertz CT molecular complexity index is 1290. The maximum absolute atomic E-state index is 12.9. The summed E-state index contributed by atoms with van der Waals surface area (Å²) in [7, 11) is 2.75. The highest BCUT2D eigenvalue weighted by Crippen LogP contribution is 2.36. The van der Waals surface area contributed by atoms with Crippen molar-refractivity contribution in [2.24, 2.45) is 5.10 Å². The number of nitro groups is 1. The Hall–Kier alpha value is -5.19. The van der Waals surface area contributed by atoms with Crippen molar-refractivity contribution < 1.29 is 29.1 Å². The Balaban J connectivity index is 1.85. The van der Waals surface area contributed by atoms with Crippen molar-refractivity contribution in [2.75, 3.05) is 14.2 Å². The van der Waals surface area contributed by atoms with Crippen LogP contribution in [0.15, 0.2) is 77.5 Å². The zero-order valence-electron chi connectivity index (χ0n) is 19.3. The van der Waals surface area contributed by atoms with E-state index in [0.29, 0.717) is 16.7 Å². The molecule has 184 valence electrons. The first kappa shape index (κ1) is 25.4. The number of phenolic OH excluding ortho intramolecular Hbond substituents is 1. The third-order valence-corrected chi connectivity index (χ3v) is 4.83. The lowest BCUT2D eigenvalue weighted by Gasteiger charge is -2.10. The summed E-state index contributed by atoms with van der Waals surface area (Å²) >= 11 is 0. The number of non-ortho nitro benzene ring substituents is 1. The molecule has 36 heavy (non-hydrogen) atoms. The summed E-state index contributed by atoms with van der Waals surface area (Å²) in [6.07, 6.45) is 2.66. The zero-order chi connectivity index (χ0) is 26.1. The number of hydrogen-bond acceptors (Lipinski definition) is 8. The van der Waals surface area contributed by atoms with E-state index >= 15 is 0 Å². The van der Waals surface area contributed by atoms with E-state index in [1.807, 2.05) is 0 Å². The van der Waals surface area contributed by atoms with Gasteiger partial charge in [-0.15, -0.1) is 0 Å². The normalized spacial score (nSPS) is 11.1. The van der Waals surface area contributed by atoms with E-state index in [1.165, 1.54) is 62.9 Å². The van der Waals surface area contributed by atoms with Crippen molar-refractivity contribution in [3.63, 3.8) is 0 Å². The number of phenols is 1. The number of carbonyl (C=O) groups excluding carboxylic acids is 2. The minimum absolute atomic E-state index is 0.115. The Morgan fingerprint density at radius 3 is 2.14 bits per heavy atom. The van der Waals surface area contributed by atoms with Crippen molar-refractivity contribution in [3.05, 3.63) is 99.2 Å². The molecule has 0 unspecified atom stereocenters. The first-order chi connectivity index (χ1) is 17.3. The fourth-order valence-corrected chi connectivity index (χ4v) is 3.02. The van der Waals surface area contributed by atoms with Gasteiger partial charge in [0.15, 0.2) is 11.5 Å². The van der Waals surface area contributed by atoms with Crippen molar-refractivity contribution in [3.8, 4) is 17.2 Å². The van der Waals surface area contributed by atoms with E-state index in [0.717, 1.165) is 0 Å². The first-order valence-electron chi connectivity index (χ1n) is 10.4. The maximum Gasteiger partial charge on any atom is 0.287 e. The summed E-state index contributed by atoms with van der Waals surface area (Å²) in [6, 6.07) is 16.7. The molecule has 0 aliphatic carbocycles. The van der Waals surface area contributed by atoms with Gasteiger partial charge >= 0.3 is 0 Å². The standard InChI is InChI=1S/C25H22N4O7/c1-35-21-13-17(14-22(36-2)23(21)30)15-26-28-25(32)20(27-24(31)18-6-4-3-5-7-18)12-16-8-10-19(11-9-16)29(33)34/h3-15,30H,1-2H3,(H,27,31)(H,28,32)/b20-12+,26-15-. The topological polar surface area (TPSA) is 152 Å². The van der Waals surface area contributed by atoms with Gasteiger partial charge in [-0.25, -0.2) is 5.43 Å². The molecule has 3 rings (SSSR count). The van der Waals surface area contributed by atoms with Gasteiger partial charge in [-0.2, -0.15) is 5.10 Å². The molecule has 0 aromatic heterocycles. The first-order valence-corrected chi connectivity index (χ1v) is 10.4. The summed E-state index contributed by atoms with van der Waals surface area (Å²) in [4.78, 5) is 35.9. The number of aromatic hydroxyl groups is 1. The summed E-state index contributed by atoms with van der Waals surface area (Å²) in [5, 5.41) is 27.4. The van der Waals surface area contributed by atoms with Crippen LogP contribution in [0.1, 0.15) is 21.5 Å². The number of nitro benzene ring substituents is 1. The van der Waals surface area contributed by atoms with Crippen LogP contribution in [0.25, 0.3) is 6.08 Å². The lowest BCUT2D eigenvalue weighted by Crippen LogP contribution is -2.32. The van der Waals surface area contributed by atoms with E-state index < -0.39 is 16.7 Å². The van der Waals surface area contributed by atoms with Crippen LogP contribution in [-0.4, -0.2) is 42.3 Å². The molecule has 3 aromatic rings. The van der Waals surface area contributed by atoms with Crippen LogP contribution in [0, 0.1) is 10.1 Å². The second kappa shape index (κ2) is 11.8. The predicted octanol–water partition coefficient (Wildman–Crippen LogP) is 3.24. The van der Waals surface area contributed by atoms with E-state index in [4.69, 9.17) is 9.47 Å². The van der Waals surface area contributed by atoms with Crippen molar-refractivity contribution in [2.45, 2.75) is 0 Å². The predicted molar refractivity (Wildman–Crippen MR) is 132 cm³/mol. The number of hydrazone groups is 1. The fourth-order valence-electron chi connectivity index (χ4n) is 3.02. The Labute approximate surface area is 205 Å². The van der Waals surface area contributed by atoms with Crippen LogP contribution >= 0.6 is 0 Å². The number of nitrogens with zero attached hydrogens (tertiary/aromatic N) is 2. The number of ether oxygens (including phenoxy) is 2. The van der Waals surface area contributed by atoms with E-state index in [-0.39, 0.29) is 28.6 Å². The Kier molecular flexibility index (Phi) is 8.33. The number of amides is 2. The van der Waals surface area contributed by atoms with Gasteiger partial charge in [0.1, 0.15) is 5.70 Å². The number of rotatable bonds is 9. The minimum atomic E-state index is -0.744. The second-order valence-corrected chi connectivity index (χ2v) is 7.20. The molecule has 0 saturated heterocycles. The quantitative estimate of drug-likeness (QED) is 0.180. The molecule has 11 heteroatoms. The summed E-state index contributed by atoms with van der Waals surface area (Å²) in [5.74, 6) is -1.16. The van der Waals surface area contributed by atoms with Crippen molar-refractivity contribution in [1.29, 1.82) is 0 Å². The van der Waals surface area contributed by atoms with Crippen molar-refractivity contribution in [1.82, 2.24) is 10.7 Å². The van der Waals surface area contributed by atoms with Crippen LogP contribution in [0.5, 0.6) is 17.2 Å². The average molecular weight is 490 g/mol. The van der Waals surface area contributed by atoms with Gasteiger partial charge in [0.2, 0.25) is 5.75 Å². The van der Waals surface area contributed by atoms with Crippen LogP contribution in [0.4, 0.5) is 5.69 Å². The molecule has 3 N–H and O–H groups in total. The van der Waals surface area contributed by atoms with E-state index in [2.05, 4.69) is 15.8 Å². The van der Waals surface area contributed by atoms with Gasteiger partial charge < -0.3 is 19.9 Å². The number of hydrogen-bond donors (Lipinski definition) is 3. The van der Waals surface area contributed by atoms with Gasteiger partial charge in [0.05, 0.1) is 25.4 Å². The SMILES string of the molecule is COc1cc(/C=N\NC(=O)/C(=C\c2ccc([N+](=O)[O-])cc2)NC(=O)c2ccccc2)cc(OC)c1O. The smallest absolute Gasteiger partial charge is 0.287 e. The second-order valence-electron chi connectivity index (χ2n) is 7.20. The number of benzene rings is 3. The number of carbonyl (C=O) groups is 2. The van der Waals surface area contributed by atoms with Crippen LogP contribution < -0.4 is 20.2 Å². The molecule has 0 aliphatic rings. The molecule has 0 atom stereocenters. The van der Waals surface area contributed by atoms with Gasteiger partial charge in [-0.05, 0) is 48.0 Å². The van der Waals surface area contributed by atoms with Gasteiger partial charge in [0, 0.05) is 23.3 Å². The van der Waals surface area contributed by atoms with E-state index in [9.17, 15) is 24.8 Å². The van der Waals surface area contributed by atoms with Crippen LogP contribution in [0.3, 0.4) is 0 Å². The molecule has 0 bridgehead atoms. The maximum atomic E-state index is 12.9. The molecule has 11 nitrogen and oxygen atoms in total. The lowest BCUT2D eigenvalue weighted by atomic mass is 10.1. The fraction of sp³-hybridized carbons (Fsp3) is 0.0800. The third kappa shape index (κ3) is 6.44. The largest absolute Gasteiger partial charge is 0.502 e. The minimum Gasteiger partial charge on any atom is -0.502 e. The molecule has 2 amide bonds. The Morgan fingerprint density at radius 1 is 0.972 bits per heavy atom. The molecule has 0 aliphatic heterocycles. The lowest BCUT2D eigenvalue weighted by molar-refractivity contribution is -0.384. The molecule has 3 aromatic carbocycles. The number of methoxy groups -OCH3 is 2. The van der Waals surface area contributed by atoms with Gasteiger partial charge in [-0.1, -0.05) is 18.2 Å². The number of nitrogens with one attached hydrogen (secondary N) is 2. The molecule has 0 radical (unpaired) electrons. The third-order valence-electron chi connectivity index (χ3n) is 4.83. The van der Waals surface area contributed by atoms with Crippen molar-refractivity contribution >= 4 is 29.8 Å². The Morgan fingerprint density at radius 2 is 1.58 bits per heavy atom. The molecular formula is C25H22N4O7. The zero-order valence-corrected chi connectivity index (χ0v) is 19.3. The molecule has 0 saturated carbocycles. The molecule has 0 fully saturated rings. The summed E-state index contributed by atoms with van der Waals surface area (Å²) < 4.78 is 10.2. The summed E-state index contributed by atoms with van der Waals surface area (Å²) in [6.45, 7) is 0. The van der Waals surface area contributed by atoms with Gasteiger partial charge in [-0.3, -0.25) is 19.7 Å². The monoisotopic (exact) mass is 490 g/mol. The molecular weight excluding hydrogens is 468 g/mol. The molecule has 0 spiro atoms. The summed E-state index contributed by atoms with van der Waals surface area (Å²) in [5.41, 5.74) is 3.29. The molecule has 0 heterocycles. The highest BCUT2D eigenvalue weighted by atomic mass is 16.6. The highest BCUT2D eigenvalue weighted by Gasteiger charge is 2.15. The highest BCUT2D eigenvalue weighted by molar-refractivity contribution is 6.05.